The summed E-state index contributed by atoms with van der Waals surface area (Å²) in [5.74, 6) is 0. The number of rotatable bonds is 5. The molecule has 1 atom stereocenters. The van der Waals surface area contributed by atoms with Crippen LogP contribution >= 0.6 is 11.6 Å². The normalized spacial score (nSPS) is 11.8. The third-order valence-corrected chi connectivity index (χ3v) is 4.17. The van der Waals surface area contributed by atoms with Gasteiger partial charge < -0.3 is 10.8 Å². The van der Waals surface area contributed by atoms with E-state index < -0.39 is 6.09 Å². The summed E-state index contributed by atoms with van der Waals surface area (Å²) in [6, 6.07) is 18.3. The van der Waals surface area contributed by atoms with Gasteiger partial charge in [-0.2, -0.15) is 5.10 Å². The van der Waals surface area contributed by atoms with Crippen molar-refractivity contribution in [3.05, 3.63) is 77.1 Å². The van der Waals surface area contributed by atoms with Gasteiger partial charge in [0, 0.05) is 11.3 Å². The highest BCUT2D eigenvalue weighted by molar-refractivity contribution is 6.32. The average Bonchev–Trinajstić information content (AvgIpc) is 2.63. The minimum absolute atomic E-state index is 0.264. The number of nitrogens with zero attached hydrogens (tertiary/aromatic N) is 2. The maximum Gasteiger partial charge on any atom is 0.409 e. The molecule has 3 rings (SSSR count). The number of aromatic nitrogens is 2. The van der Waals surface area contributed by atoms with Crippen molar-refractivity contribution in [3.63, 3.8) is 0 Å². The number of benzene rings is 2. The largest absolute Gasteiger partial charge is 0.465 e. The fraction of sp³-hybridized carbons (Fsp3) is 0.105. The summed E-state index contributed by atoms with van der Waals surface area (Å²) in [4.78, 5) is 10.7. The van der Waals surface area contributed by atoms with Crippen LogP contribution in [0, 0.1) is 0 Å². The van der Waals surface area contributed by atoms with E-state index in [1.807, 2.05) is 36.4 Å². The monoisotopic (exact) mass is 368 g/mol. The summed E-state index contributed by atoms with van der Waals surface area (Å²) in [5, 5.41) is 19.4. The van der Waals surface area contributed by atoms with E-state index in [-0.39, 0.29) is 11.2 Å². The van der Waals surface area contributed by atoms with Crippen LogP contribution in [0.5, 0.6) is 0 Å². The fourth-order valence-electron chi connectivity index (χ4n) is 2.60. The highest BCUT2D eigenvalue weighted by Crippen LogP contribution is 2.29. The van der Waals surface area contributed by atoms with Gasteiger partial charge in [0.25, 0.3) is 0 Å². The molecule has 26 heavy (non-hydrogen) atoms. The lowest BCUT2D eigenvalue weighted by atomic mass is 10.0. The summed E-state index contributed by atoms with van der Waals surface area (Å²) in [6.07, 6.45) is -0.478. The second-order valence-corrected chi connectivity index (χ2v) is 6.14. The van der Waals surface area contributed by atoms with Crippen molar-refractivity contribution in [3.8, 4) is 11.1 Å². The third kappa shape index (κ3) is 4.36. The van der Waals surface area contributed by atoms with Crippen molar-refractivity contribution in [1.29, 1.82) is 0 Å². The molecular weight excluding hydrogens is 352 g/mol. The highest BCUT2D eigenvalue weighted by atomic mass is 35.5. The Morgan fingerprint density at radius 2 is 1.81 bits per heavy atom. The number of halogens is 1. The van der Waals surface area contributed by atoms with E-state index >= 15 is 0 Å². The van der Waals surface area contributed by atoms with Crippen molar-refractivity contribution in [2.45, 2.75) is 12.5 Å². The van der Waals surface area contributed by atoms with Gasteiger partial charge in [-0.15, -0.1) is 5.10 Å². The summed E-state index contributed by atoms with van der Waals surface area (Å²) in [5.41, 5.74) is 10.0. The summed E-state index contributed by atoms with van der Waals surface area (Å²) >= 11 is 6.20. The molecule has 1 heterocycles. The van der Waals surface area contributed by atoms with Crippen molar-refractivity contribution in [2.75, 3.05) is 5.32 Å². The van der Waals surface area contributed by atoms with Crippen molar-refractivity contribution in [1.82, 2.24) is 10.2 Å². The molecule has 0 saturated carbocycles. The molecule has 1 amide bonds. The first kappa shape index (κ1) is 17.8. The number of carbonyl (C=O) groups is 1. The lowest BCUT2D eigenvalue weighted by Gasteiger charge is -2.13. The molecule has 132 valence electrons. The lowest BCUT2D eigenvalue weighted by Crippen LogP contribution is -2.15. The van der Waals surface area contributed by atoms with Crippen LogP contribution in [0.2, 0.25) is 5.15 Å². The molecule has 0 fully saturated rings. The van der Waals surface area contributed by atoms with Gasteiger partial charge in [-0.3, -0.25) is 5.32 Å². The van der Waals surface area contributed by atoms with Crippen LogP contribution in [-0.2, 0) is 6.42 Å². The number of hydrogen-bond donors (Lipinski definition) is 3. The molecular formula is C19H17ClN4O2. The molecule has 0 aliphatic heterocycles. The Bertz CT molecular complexity index is 901. The molecule has 4 N–H and O–H groups in total. The molecule has 0 saturated heterocycles. The molecule has 0 aliphatic rings. The van der Waals surface area contributed by atoms with Gasteiger partial charge in [0.15, 0.2) is 5.15 Å². The van der Waals surface area contributed by atoms with Crippen molar-refractivity contribution >= 4 is 23.4 Å². The maximum atomic E-state index is 10.7. The minimum Gasteiger partial charge on any atom is -0.465 e. The number of nitrogens with two attached hydrogens (primary N) is 1. The van der Waals surface area contributed by atoms with E-state index in [1.54, 1.807) is 24.3 Å². The van der Waals surface area contributed by atoms with Crippen LogP contribution in [0.4, 0.5) is 10.5 Å². The van der Waals surface area contributed by atoms with Crippen LogP contribution in [0.15, 0.2) is 60.7 Å². The topological polar surface area (TPSA) is 101 Å². The van der Waals surface area contributed by atoms with Gasteiger partial charge in [0.05, 0.1) is 11.7 Å². The quantitative estimate of drug-likeness (QED) is 0.628. The number of anilines is 1. The number of hydrogen-bond acceptors (Lipinski definition) is 4. The highest BCUT2D eigenvalue weighted by Gasteiger charge is 2.14. The van der Waals surface area contributed by atoms with Gasteiger partial charge in [0.1, 0.15) is 0 Å². The Morgan fingerprint density at radius 3 is 2.46 bits per heavy atom. The summed E-state index contributed by atoms with van der Waals surface area (Å²) < 4.78 is 0. The minimum atomic E-state index is -1.12. The molecule has 0 aliphatic carbocycles. The Labute approximate surface area is 155 Å². The molecule has 0 unspecified atom stereocenters. The maximum absolute atomic E-state index is 10.7. The Balaban J connectivity index is 1.84. The van der Waals surface area contributed by atoms with Crippen LogP contribution < -0.4 is 11.1 Å². The first-order valence-electron chi connectivity index (χ1n) is 7.96. The third-order valence-electron chi connectivity index (χ3n) is 3.89. The first-order valence-corrected chi connectivity index (χ1v) is 8.34. The Hall–Kier alpha value is -2.96. The molecule has 3 aromatic rings. The summed E-state index contributed by atoms with van der Waals surface area (Å²) in [6.45, 7) is 0. The van der Waals surface area contributed by atoms with E-state index in [9.17, 15) is 4.79 Å². The molecule has 7 heteroatoms. The van der Waals surface area contributed by atoms with E-state index in [2.05, 4.69) is 15.5 Å². The molecule has 0 radical (unpaired) electrons. The molecule has 1 aromatic heterocycles. The zero-order valence-electron chi connectivity index (χ0n) is 13.8. The van der Waals surface area contributed by atoms with Gasteiger partial charge >= 0.3 is 6.09 Å². The predicted octanol–water partition coefficient (Wildman–Crippen LogP) is 4.13. The van der Waals surface area contributed by atoms with Gasteiger partial charge in [-0.1, -0.05) is 54.1 Å². The molecule has 0 spiro atoms. The van der Waals surface area contributed by atoms with Crippen LogP contribution in [0.1, 0.15) is 17.3 Å². The van der Waals surface area contributed by atoms with E-state index in [4.69, 9.17) is 22.4 Å². The van der Waals surface area contributed by atoms with E-state index in [0.717, 1.165) is 11.1 Å². The van der Waals surface area contributed by atoms with Gasteiger partial charge in [0.2, 0.25) is 0 Å². The van der Waals surface area contributed by atoms with E-state index in [1.165, 1.54) is 0 Å². The Morgan fingerprint density at radius 1 is 1.12 bits per heavy atom. The van der Waals surface area contributed by atoms with Crippen molar-refractivity contribution < 1.29 is 9.90 Å². The molecule has 2 aromatic carbocycles. The van der Waals surface area contributed by atoms with Crippen LogP contribution in [0.25, 0.3) is 11.1 Å². The van der Waals surface area contributed by atoms with Crippen LogP contribution in [0.3, 0.4) is 0 Å². The smallest absolute Gasteiger partial charge is 0.409 e. The van der Waals surface area contributed by atoms with Gasteiger partial charge in [-0.05, 0) is 35.7 Å². The zero-order chi connectivity index (χ0) is 18.5. The standard InChI is InChI=1S/C19H17ClN4O2/c20-18-15(13-6-8-14(9-7-13)22-19(25)26)11-17(23-24-18)16(21)10-12-4-2-1-3-5-12/h1-9,11,16,22H,10,21H2,(H,25,26)/t16-/m0/s1. The van der Waals surface area contributed by atoms with Crippen molar-refractivity contribution in [2.24, 2.45) is 5.73 Å². The predicted molar refractivity (Wildman–Crippen MR) is 101 cm³/mol. The average molecular weight is 369 g/mol. The number of carboxylic acid groups (broad SMARTS) is 1. The summed E-state index contributed by atoms with van der Waals surface area (Å²) in [7, 11) is 0. The Kier molecular flexibility index (Phi) is 5.46. The van der Waals surface area contributed by atoms with E-state index in [0.29, 0.717) is 23.4 Å². The lowest BCUT2D eigenvalue weighted by molar-refractivity contribution is 0.210. The second-order valence-electron chi connectivity index (χ2n) is 5.78. The number of nitrogens with one attached hydrogen (secondary N) is 1. The zero-order valence-corrected chi connectivity index (χ0v) is 14.5. The van der Waals surface area contributed by atoms with Gasteiger partial charge in [-0.25, -0.2) is 4.79 Å². The fourth-order valence-corrected chi connectivity index (χ4v) is 2.81. The molecule has 0 bridgehead atoms. The number of amides is 1. The molecule has 6 nitrogen and oxygen atoms in total. The second kappa shape index (κ2) is 7.95. The SMILES string of the molecule is N[C@@H](Cc1ccccc1)c1cc(-c2ccc(NC(=O)O)cc2)c(Cl)nn1. The first-order chi connectivity index (χ1) is 12.5. The van der Waals surface area contributed by atoms with Crippen LogP contribution in [-0.4, -0.2) is 21.4 Å².